The summed E-state index contributed by atoms with van der Waals surface area (Å²) in [7, 11) is -4.59. The highest BCUT2D eigenvalue weighted by atomic mass is 32.2. The first-order valence-electron chi connectivity index (χ1n) is 3.89. The molecule has 3 nitrogen and oxygen atoms in total. The Labute approximate surface area is 85.2 Å². The van der Waals surface area contributed by atoms with Gasteiger partial charge in [-0.25, -0.2) is 4.21 Å². The van der Waals surface area contributed by atoms with Gasteiger partial charge >= 0.3 is 5.76 Å². The molecule has 0 aromatic heterocycles. The van der Waals surface area contributed by atoms with Gasteiger partial charge in [0.2, 0.25) is 0 Å². The lowest BCUT2D eigenvalue weighted by molar-refractivity contribution is -0.000952. The van der Waals surface area contributed by atoms with Gasteiger partial charge in [-0.2, -0.15) is 13.1 Å². The van der Waals surface area contributed by atoms with Gasteiger partial charge in [0, 0.05) is 0 Å². The highest BCUT2D eigenvalue weighted by Gasteiger charge is 2.24. The summed E-state index contributed by atoms with van der Waals surface area (Å²) < 4.78 is 52.8. The zero-order chi connectivity index (χ0) is 11.5. The molecule has 0 spiro atoms. The molecule has 0 aliphatic heterocycles. The fraction of sp³-hybridized carbons (Fsp3) is 0.250. The van der Waals surface area contributed by atoms with Crippen molar-refractivity contribution in [2.24, 2.45) is 4.36 Å². The van der Waals surface area contributed by atoms with Gasteiger partial charge in [-0.1, -0.05) is 16.5 Å². The van der Waals surface area contributed by atoms with E-state index < -0.39 is 15.8 Å². The van der Waals surface area contributed by atoms with Crippen LogP contribution >= 0.6 is 0 Å². The minimum atomic E-state index is -4.59. The summed E-state index contributed by atoms with van der Waals surface area (Å²) >= 11 is 0. The second-order valence-corrected chi connectivity index (χ2v) is 4.46. The number of halogens is 3. The van der Waals surface area contributed by atoms with Gasteiger partial charge in [0.15, 0.2) is 0 Å². The molecule has 0 fully saturated rings. The molecule has 0 saturated carbocycles. The van der Waals surface area contributed by atoms with E-state index in [1.165, 1.54) is 18.2 Å². The molecule has 0 aliphatic rings. The molecule has 0 heterocycles. The quantitative estimate of drug-likeness (QED) is 0.812. The van der Waals surface area contributed by atoms with E-state index in [9.17, 15) is 17.5 Å². The second kappa shape index (κ2) is 4.63. The van der Waals surface area contributed by atoms with Crippen molar-refractivity contribution in [2.45, 2.75) is 12.7 Å². The average Bonchev–Trinajstić information content (AvgIpc) is 2.17. The van der Waals surface area contributed by atoms with Gasteiger partial charge in [0.25, 0.3) is 10.0 Å². The summed E-state index contributed by atoms with van der Waals surface area (Å²) in [4.78, 5) is 0. The molecule has 0 aliphatic carbocycles. The van der Waals surface area contributed by atoms with Gasteiger partial charge < -0.3 is 0 Å². The zero-order valence-electron chi connectivity index (χ0n) is 7.69. The Morgan fingerprint density at radius 1 is 1.47 bits per heavy atom. The Morgan fingerprint density at radius 3 is 2.60 bits per heavy atom. The Kier molecular flexibility index (Phi) is 3.70. The van der Waals surface area contributed by atoms with E-state index in [0.29, 0.717) is 0 Å². The van der Waals surface area contributed by atoms with Crippen molar-refractivity contribution >= 4 is 15.7 Å². The van der Waals surface area contributed by atoms with Crippen LogP contribution < -0.4 is 0 Å². The molecule has 0 N–H and O–H groups in total. The van der Waals surface area contributed by atoms with E-state index in [1.807, 2.05) is 0 Å². The van der Waals surface area contributed by atoms with Crippen molar-refractivity contribution in [1.29, 1.82) is 0 Å². The predicted molar refractivity (Wildman–Crippen MR) is 49.6 cm³/mol. The monoisotopic (exact) mass is 239 g/mol. The Bertz CT molecular complexity index is 455. The lowest BCUT2D eigenvalue weighted by Crippen LogP contribution is -2.10. The number of hydrogen-bond acceptors (Lipinski definition) is 3. The van der Waals surface area contributed by atoms with Crippen LogP contribution in [0.4, 0.5) is 19.0 Å². The van der Waals surface area contributed by atoms with Gasteiger partial charge in [0.05, 0.1) is 5.69 Å². The largest absolute Gasteiger partial charge is 0.345 e. The number of aryl methyl sites for hydroxylation is 1. The lowest BCUT2D eigenvalue weighted by Gasteiger charge is -2.02. The number of hydrogen-bond donors (Lipinski definition) is 0. The van der Waals surface area contributed by atoms with E-state index in [2.05, 4.69) is 8.75 Å². The van der Waals surface area contributed by atoms with Gasteiger partial charge in [0.1, 0.15) is 0 Å². The first-order valence-corrected chi connectivity index (χ1v) is 5.39. The smallest absolute Gasteiger partial charge is 0.212 e. The summed E-state index contributed by atoms with van der Waals surface area (Å²) in [5.41, 5.74) is 0.712. The van der Waals surface area contributed by atoms with Crippen LogP contribution in [0.15, 0.2) is 28.6 Å². The SMILES string of the molecule is Cc1cccc(N=S(=O)(OF)C(F)F)c1. The summed E-state index contributed by atoms with van der Waals surface area (Å²) in [5, 5.41) is 0. The zero-order valence-corrected chi connectivity index (χ0v) is 8.51. The molecule has 1 rings (SSSR count). The Morgan fingerprint density at radius 2 is 2.13 bits per heavy atom. The summed E-state index contributed by atoms with van der Waals surface area (Å²) in [6, 6.07) is 5.94. The van der Waals surface area contributed by atoms with Crippen LogP contribution in [0.1, 0.15) is 5.56 Å². The van der Waals surface area contributed by atoms with Crippen LogP contribution in [-0.2, 0) is 14.4 Å². The summed E-state index contributed by atoms with van der Waals surface area (Å²) in [5.74, 6) is -3.50. The first-order chi connectivity index (χ1) is 6.98. The van der Waals surface area contributed by atoms with Crippen molar-refractivity contribution in [1.82, 2.24) is 0 Å². The highest BCUT2D eigenvalue weighted by molar-refractivity contribution is 7.89. The molecular weight excluding hydrogens is 231 g/mol. The van der Waals surface area contributed by atoms with Crippen LogP contribution in [0.2, 0.25) is 0 Å². The van der Waals surface area contributed by atoms with E-state index in [4.69, 9.17) is 0 Å². The average molecular weight is 239 g/mol. The third-order valence-corrected chi connectivity index (χ3v) is 2.65. The third kappa shape index (κ3) is 2.93. The van der Waals surface area contributed by atoms with Gasteiger partial charge in [-0.05, 0) is 29.1 Å². The second-order valence-electron chi connectivity index (χ2n) is 2.77. The molecular formula is C8H8F3NO2S. The van der Waals surface area contributed by atoms with Crippen LogP contribution in [0.5, 0.6) is 0 Å². The van der Waals surface area contributed by atoms with Crippen molar-refractivity contribution in [3.8, 4) is 0 Å². The van der Waals surface area contributed by atoms with E-state index >= 15 is 0 Å². The predicted octanol–water partition coefficient (Wildman–Crippen LogP) is 3.13. The molecule has 0 saturated heterocycles. The fourth-order valence-electron chi connectivity index (χ4n) is 0.913. The minimum Gasteiger partial charge on any atom is -0.212 e. The standard InChI is InChI=1S/C8H8F3NO2S/c1-6-3-2-4-7(5-6)12-15(13,14-11)8(9)10/h2-5,8H,1H3. The molecule has 1 unspecified atom stereocenters. The third-order valence-electron chi connectivity index (χ3n) is 1.55. The first kappa shape index (κ1) is 12.0. The molecule has 0 amide bonds. The van der Waals surface area contributed by atoms with Gasteiger partial charge in [-0.3, -0.25) is 0 Å². The van der Waals surface area contributed by atoms with Crippen LogP contribution in [-0.4, -0.2) is 9.97 Å². The lowest BCUT2D eigenvalue weighted by atomic mass is 10.2. The number of alkyl halides is 2. The Hall–Kier alpha value is -1.08. The maximum absolute atomic E-state index is 12.1. The maximum atomic E-state index is 12.1. The summed E-state index contributed by atoms with van der Waals surface area (Å²) in [6.45, 7) is 1.69. The highest BCUT2D eigenvalue weighted by Crippen LogP contribution is 2.21. The molecule has 1 atom stereocenters. The van der Waals surface area contributed by atoms with Crippen molar-refractivity contribution in [3.63, 3.8) is 0 Å². The molecule has 0 bridgehead atoms. The summed E-state index contributed by atoms with van der Waals surface area (Å²) in [6.07, 6.45) is 0. The Balaban J connectivity index is 3.21. The van der Waals surface area contributed by atoms with Crippen LogP contribution in [0, 0.1) is 6.92 Å². The minimum absolute atomic E-state index is 0.0158. The van der Waals surface area contributed by atoms with E-state index in [0.717, 1.165) is 5.56 Å². The van der Waals surface area contributed by atoms with Crippen molar-refractivity contribution < 1.29 is 21.9 Å². The van der Waals surface area contributed by atoms with Crippen LogP contribution in [0.25, 0.3) is 0 Å². The molecule has 0 radical (unpaired) electrons. The number of nitrogens with zero attached hydrogens (tertiary/aromatic N) is 1. The number of benzene rings is 1. The van der Waals surface area contributed by atoms with Crippen molar-refractivity contribution in [2.75, 3.05) is 0 Å². The van der Waals surface area contributed by atoms with E-state index in [-0.39, 0.29) is 5.69 Å². The van der Waals surface area contributed by atoms with Crippen molar-refractivity contribution in [3.05, 3.63) is 29.8 Å². The molecule has 7 heteroatoms. The normalized spacial score (nSPS) is 15.0. The van der Waals surface area contributed by atoms with Gasteiger partial charge in [-0.15, -0.1) is 0 Å². The molecule has 1 aromatic rings. The van der Waals surface area contributed by atoms with Crippen LogP contribution in [0.3, 0.4) is 0 Å². The maximum Gasteiger partial charge on any atom is 0.345 e. The number of rotatable bonds is 3. The molecule has 84 valence electrons. The fourth-order valence-corrected chi connectivity index (χ4v) is 1.48. The topological polar surface area (TPSA) is 38.7 Å². The van der Waals surface area contributed by atoms with E-state index in [1.54, 1.807) is 13.0 Å². The molecule has 1 aromatic carbocycles. The molecule has 15 heavy (non-hydrogen) atoms.